The number of hydrogen-bond acceptors (Lipinski definition) is 3. The maximum Gasteiger partial charge on any atom is 0.416 e. The van der Waals surface area contributed by atoms with Crippen LogP contribution < -0.4 is 4.72 Å². The Morgan fingerprint density at radius 2 is 1.54 bits per heavy atom. The summed E-state index contributed by atoms with van der Waals surface area (Å²) < 4.78 is 67.3. The van der Waals surface area contributed by atoms with Crippen LogP contribution in [0.5, 0.6) is 0 Å². The Labute approximate surface area is 165 Å². The number of hydrogen-bond donors (Lipinski definition) is 1. The minimum absolute atomic E-state index is 0.304. The fourth-order valence-corrected chi connectivity index (χ4v) is 4.37. The van der Waals surface area contributed by atoms with Crippen molar-refractivity contribution in [3.63, 3.8) is 0 Å². The molecule has 0 fully saturated rings. The van der Waals surface area contributed by atoms with Crippen molar-refractivity contribution in [2.24, 2.45) is 0 Å². The van der Waals surface area contributed by atoms with Crippen molar-refractivity contribution in [1.29, 1.82) is 0 Å². The molecule has 2 aromatic carbocycles. The third-order valence-electron chi connectivity index (χ3n) is 3.99. The lowest BCUT2D eigenvalue weighted by atomic mass is 10.0. The molecule has 0 aliphatic carbocycles. The van der Waals surface area contributed by atoms with Gasteiger partial charge in [-0.2, -0.15) is 17.9 Å². The van der Waals surface area contributed by atoms with Gasteiger partial charge >= 0.3 is 6.18 Å². The van der Waals surface area contributed by atoms with Gasteiger partial charge in [-0.1, -0.05) is 41.9 Å². The number of sulfonamides is 1. The summed E-state index contributed by atoms with van der Waals surface area (Å²) in [5.41, 5.74) is 0.0886. The molecular weight excluding hydrogens is 413 g/mol. The molecule has 28 heavy (non-hydrogen) atoms. The molecule has 0 saturated heterocycles. The highest BCUT2D eigenvalue weighted by Gasteiger charge is 2.33. The number of alkyl halides is 3. The average Bonchev–Trinajstić information content (AvgIpc) is 2.67. The third kappa shape index (κ3) is 4.52. The first-order valence-corrected chi connectivity index (χ1v) is 9.88. The SMILES string of the molecule is O=S(=O)(NC(c1ccccc1)c1ccncc1)c1cc(C(F)(F)F)ccc1Cl. The smallest absolute Gasteiger partial charge is 0.265 e. The predicted molar refractivity (Wildman–Crippen MR) is 99.3 cm³/mol. The Kier molecular flexibility index (Phi) is 5.74. The first-order valence-electron chi connectivity index (χ1n) is 8.02. The van der Waals surface area contributed by atoms with Gasteiger partial charge in [0.25, 0.3) is 0 Å². The van der Waals surface area contributed by atoms with Crippen molar-refractivity contribution >= 4 is 21.6 Å². The monoisotopic (exact) mass is 426 g/mol. The van der Waals surface area contributed by atoms with E-state index in [1.807, 2.05) is 0 Å². The van der Waals surface area contributed by atoms with Crippen molar-refractivity contribution in [2.75, 3.05) is 0 Å². The molecule has 3 aromatic rings. The summed E-state index contributed by atoms with van der Waals surface area (Å²) in [6, 6.07) is 13.2. The number of nitrogens with zero attached hydrogens (tertiary/aromatic N) is 1. The summed E-state index contributed by atoms with van der Waals surface area (Å²) in [7, 11) is -4.37. The van der Waals surface area contributed by atoms with Gasteiger partial charge in [0.1, 0.15) is 4.90 Å². The third-order valence-corrected chi connectivity index (χ3v) is 5.90. The minimum atomic E-state index is -4.70. The first-order chi connectivity index (χ1) is 13.2. The van der Waals surface area contributed by atoms with E-state index in [2.05, 4.69) is 9.71 Å². The van der Waals surface area contributed by atoms with E-state index < -0.39 is 32.7 Å². The van der Waals surface area contributed by atoms with Gasteiger partial charge in [0.15, 0.2) is 0 Å². The van der Waals surface area contributed by atoms with Crippen LogP contribution in [0.25, 0.3) is 0 Å². The molecule has 3 rings (SSSR count). The van der Waals surface area contributed by atoms with Crippen LogP contribution in [0.4, 0.5) is 13.2 Å². The van der Waals surface area contributed by atoms with Crippen molar-refractivity contribution < 1.29 is 21.6 Å². The zero-order chi connectivity index (χ0) is 20.4. The first kappa shape index (κ1) is 20.3. The molecule has 1 heterocycles. The summed E-state index contributed by atoms with van der Waals surface area (Å²) in [4.78, 5) is 3.27. The highest BCUT2D eigenvalue weighted by molar-refractivity contribution is 7.89. The quantitative estimate of drug-likeness (QED) is 0.636. The van der Waals surface area contributed by atoms with Crippen LogP contribution in [0.3, 0.4) is 0 Å². The molecule has 0 aliphatic rings. The molecule has 0 radical (unpaired) electrons. The normalized spacial score (nSPS) is 13.3. The molecule has 0 spiro atoms. The van der Waals surface area contributed by atoms with Crippen LogP contribution in [-0.4, -0.2) is 13.4 Å². The van der Waals surface area contributed by atoms with Gasteiger partial charge in [0.05, 0.1) is 16.6 Å². The van der Waals surface area contributed by atoms with Gasteiger partial charge in [-0.25, -0.2) is 8.42 Å². The molecule has 0 saturated carbocycles. The van der Waals surface area contributed by atoms with Crippen LogP contribution in [0.1, 0.15) is 22.7 Å². The van der Waals surface area contributed by atoms with E-state index in [1.165, 1.54) is 12.4 Å². The second kappa shape index (κ2) is 7.90. The molecule has 0 bridgehead atoms. The number of benzene rings is 2. The summed E-state index contributed by atoms with van der Waals surface area (Å²) >= 11 is 5.91. The van der Waals surface area contributed by atoms with Crippen molar-refractivity contribution in [2.45, 2.75) is 17.1 Å². The number of rotatable bonds is 5. The second-order valence-corrected chi connectivity index (χ2v) is 7.98. The Hall–Kier alpha value is -2.42. The highest BCUT2D eigenvalue weighted by atomic mass is 35.5. The van der Waals surface area contributed by atoms with Crippen LogP contribution in [0.2, 0.25) is 5.02 Å². The van der Waals surface area contributed by atoms with Gasteiger partial charge in [0.2, 0.25) is 10.0 Å². The predicted octanol–water partition coefficient (Wildman–Crippen LogP) is 4.82. The molecule has 1 atom stereocenters. The molecule has 0 aliphatic heterocycles. The fourth-order valence-electron chi connectivity index (χ4n) is 2.63. The van der Waals surface area contributed by atoms with Gasteiger partial charge in [-0.05, 0) is 41.5 Å². The van der Waals surface area contributed by atoms with E-state index in [0.717, 1.165) is 12.1 Å². The largest absolute Gasteiger partial charge is 0.416 e. The second-order valence-electron chi connectivity index (χ2n) is 5.89. The number of nitrogens with one attached hydrogen (secondary N) is 1. The topological polar surface area (TPSA) is 59.1 Å². The number of aromatic nitrogens is 1. The van der Waals surface area contributed by atoms with Gasteiger partial charge in [-0.15, -0.1) is 0 Å². The lowest BCUT2D eigenvalue weighted by Gasteiger charge is -2.20. The maximum absolute atomic E-state index is 13.0. The van der Waals surface area contributed by atoms with E-state index in [-0.39, 0.29) is 5.02 Å². The van der Waals surface area contributed by atoms with Gasteiger partial charge in [-0.3, -0.25) is 4.98 Å². The van der Waals surface area contributed by atoms with Crippen molar-refractivity contribution in [3.8, 4) is 0 Å². The van der Waals surface area contributed by atoms with Crippen LogP contribution in [-0.2, 0) is 16.2 Å². The summed E-state index contributed by atoms with van der Waals surface area (Å²) in [6.07, 6.45) is -1.70. The Balaban J connectivity index is 2.06. The van der Waals surface area contributed by atoms with Crippen molar-refractivity contribution in [3.05, 3.63) is 94.8 Å². The molecule has 1 aromatic heterocycles. The molecule has 9 heteroatoms. The average molecular weight is 427 g/mol. The van der Waals surface area contributed by atoms with Crippen molar-refractivity contribution in [1.82, 2.24) is 9.71 Å². The molecule has 146 valence electrons. The van der Waals surface area contributed by atoms with Gasteiger partial charge < -0.3 is 0 Å². The lowest BCUT2D eigenvalue weighted by Crippen LogP contribution is -2.30. The van der Waals surface area contributed by atoms with E-state index in [9.17, 15) is 21.6 Å². The standard InChI is InChI=1S/C19H14ClF3N2O2S/c20-16-7-6-15(19(21,22)23)12-17(16)28(26,27)25-18(13-4-2-1-3-5-13)14-8-10-24-11-9-14/h1-12,18,25H. The Morgan fingerprint density at radius 3 is 2.14 bits per heavy atom. The van der Waals surface area contributed by atoms with E-state index in [0.29, 0.717) is 17.2 Å². The highest BCUT2D eigenvalue weighted by Crippen LogP contribution is 2.34. The van der Waals surface area contributed by atoms with E-state index >= 15 is 0 Å². The summed E-state index contributed by atoms with van der Waals surface area (Å²) in [5, 5.41) is -0.304. The Morgan fingerprint density at radius 1 is 0.929 bits per heavy atom. The van der Waals surface area contributed by atoms with Crippen LogP contribution >= 0.6 is 11.6 Å². The zero-order valence-electron chi connectivity index (χ0n) is 14.2. The molecule has 4 nitrogen and oxygen atoms in total. The molecular formula is C19H14ClF3N2O2S. The zero-order valence-corrected chi connectivity index (χ0v) is 15.8. The Bertz CT molecular complexity index is 1020. The lowest BCUT2D eigenvalue weighted by molar-refractivity contribution is -0.137. The number of halogens is 4. The molecule has 1 unspecified atom stereocenters. The van der Waals surface area contributed by atoms with Crippen LogP contribution in [0, 0.1) is 0 Å². The van der Waals surface area contributed by atoms with Crippen LogP contribution in [0.15, 0.2) is 78.0 Å². The van der Waals surface area contributed by atoms with E-state index in [1.54, 1.807) is 42.5 Å². The summed E-state index contributed by atoms with van der Waals surface area (Å²) in [6.45, 7) is 0. The van der Waals surface area contributed by atoms with E-state index in [4.69, 9.17) is 11.6 Å². The molecule has 0 amide bonds. The molecule has 1 N–H and O–H groups in total. The number of pyridine rings is 1. The maximum atomic E-state index is 13.0. The minimum Gasteiger partial charge on any atom is -0.265 e. The fraction of sp³-hybridized carbons (Fsp3) is 0.105. The summed E-state index contributed by atoms with van der Waals surface area (Å²) in [5.74, 6) is 0. The van der Waals surface area contributed by atoms with Gasteiger partial charge in [0, 0.05) is 12.4 Å².